The second-order valence-electron chi connectivity index (χ2n) is 6.75. The number of benzene rings is 2. The van der Waals surface area contributed by atoms with Crippen molar-refractivity contribution < 1.29 is 26.9 Å². The fraction of sp³-hybridized carbons (Fsp3) is 0.368. The minimum absolute atomic E-state index is 0.0106. The van der Waals surface area contributed by atoms with Crippen LogP contribution in [-0.4, -0.2) is 4.92 Å². The van der Waals surface area contributed by atoms with Gasteiger partial charge in [-0.05, 0) is 66.8 Å². The summed E-state index contributed by atoms with van der Waals surface area (Å²) in [5, 5.41) is 10.9. The average molecular weight is 385 g/mol. The summed E-state index contributed by atoms with van der Waals surface area (Å²) in [6.07, 6.45) is -2.43. The number of hydrogen-bond acceptors (Lipinski definition) is 2. The maximum Gasteiger partial charge on any atom is 0.423 e. The summed E-state index contributed by atoms with van der Waals surface area (Å²) in [4.78, 5) is 9.82. The smallest absolute Gasteiger partial charge is 0.258 e. The van der Waals surface area contributed by atoms with Crippen LogP contribution in [0.1, 0.15) is 54.2 Å². The molecule has 144 valence electrons. The Kier molecular flexibility index (Phi) is 5.17. The van der Waals surface area contributed by atoms with E-state index in [0.717, 1.165) is 24.3 Å². The zero-order chi connectivity index (χ0) is 19.8. The predicted molar refractivity (Wildman–Crippen MR) is 88.4 cm³/mol. The molecule has 0 aromatic heterocycles. The molecule has 27 heavy (non-hydrogen) atoms. The first-order chi connectivity index (χ1) is 12.7. The largest absolute Gasteiger partial charge is 0.423 e. The van der Waals surface area contributed by atoms with Gasteiger partial charge in [0.05, 0.1) is 4.92 Å². The SMILES string of the molecule is O=[N+]([O-])c1ccc(C2CCC(c3ccc(F)c(F)c3)CC2)cc1C(F)(F)F. The molecule has 8 heteroatoms. The first kappa shape index (κ1) is 19.3. The van der Waals surface area contributed by atoms with Gasteiger partial charge in [-0.1, -0.05) is 12.1 Å². The molecular weight excluding hydrogens is 369 g/mol. The molecule has 1 fully saturated rings. The van der Waals surface area contributed by atoms with Gasteiger partial charge < -0.3 is 0 Å². The monoisotopic (exact) mass is 385 g/mol. The van der Waals surface area contributed by atoms with E-state index in [4.69, 9.17) is 0 Å². The molecule has 1 aliphatic carbocycles. The van der Waals surface area contributed by atoms with Crippen LogP contribution in [0.4, 0.5) is 27.6 Å². The summed E-state index contributed by atoms with van der Waals surface area (Å²) in [6.45, 7) is 0. The fourth-order valence-electron chi connectivity index (χ4n) is 3.72. The third-order valence-corrected chi connectivity index (χ3v) is 5.14. The third-order valence-electron chi connectivity index (χ3n) is 5.14. The van der Waals surface area contributed by atoms with Gasteiger partial charge in [-0.2, -0.15) is 13.2 Å². The molecule has 0 bridgehead atoms. The van der Waals surface area contributed by atoms with Gasteiger partial charge in [0, 0.05) is 6.07 Å². The van der Waals surface area contributed by atoms with Crippen molar-refractivity contribution in [1.82, 2.24) is 0 Å². The predicted octanol–water partition coefficient (Wildman–Crippen LogP) is 6.33. The highest BCUT2D eigenvalue weighted by atomic mass is 19.4. The molecule has 0 spiro atoms. The van der Waals surface area contributed by atoms with Gasteiger partial charge in [0.25, 0.3) is 5.69 Å². The molecule has 1 aliphatic rings. The Morgan fingerprint density at radius 2 is 1.37 bits per heavy atom. The lowest BCUT2D eigenvalue weighted by Crippen LogP contribution is -2.14. The Labute approximate surface area is 152 Å². The van der Waals surface area contributed by atoms with Crippen molar-refractivity contribution in [3.05, 3.63) is 74.8 Å². The van der Waals surface area contributed by atoms with Crippen molar-refractivity contribution in [2.45, 2.75) is 43.7 Å². The van der Waals surface area contributed by atoms with Crippen LogP contribution < -0.4 is 0 Å². The molecule has 3 nitrogen and oxygen atoms in total. The number of hydrogen-bond donors (Lipinski definition) is 0. The van der Waals surface area contributed by atoms with E-state index < -0.39 is 34.0 Å². The number of nitro groups is 1. The highest BCUT2D eigenvalue weighted by Crippen LogP contribution is 2.43. The average Bonchev–Trinajstić information content (AvgIpc) is 2.63. The molecule has 2 aromatic rings. The van der Waals surface area contributed by atoms with Crippen molar-refractivity contribution >= 4 is 5.69 Å². The third kappa shape index (κ3) is 4.09. The summed E-state index contributed by atoms with van der Waals surface area (Å²) < 4.78 is 65.9. The molecular formula is C19H16F5NO2. The number of alkyl halides is 3. The molecule has 0 unspecified atom stereocenters. The molecule has 0 amide bonds. The quantitative estimate of drug-likeness (QED) is 0.352. The van der Waals surface area contributed by atoms with E-state index in [2.05, 4.69) is 0 Å². The molecule has 1 saturated carbocycles. The Morgan fingerprint density at radius 1 is 0.852 bits per heavy atom. The van der Waals surface area contributed by atoms with Crippen LogP contribution >= 0.6 is 0 Å². The summed E-state index contributed by atoms with van der Waals surface area (Å²) in [7, 11) is 0. The second kappa shape index (κ2) is 7.25. The van der Waals surface area contributed by atoms with Crippen LogP contribution in [0.15, 0.2) is 36.4 Å². The zero-order valence-corrected chi connectivity index (χ0v) is 14.1. The van der Waals surface area contributed by atoms with Crippen molar-refractivity contribution in [2.24, 2.45) is 0 Å². The molecule has 0 atom stereocenters. The summed E-state index contributed by atoms with van der Waals surface area (Å²) in [6, 6.07) is 6.89. The fourth-order valence-corrected chi connectivity index (χ4v) is 3.72. The minimum atomic E-state index is -4.80. The van der Waals surface area contributed by atoms with E-state index in [1.165, 1.54) is 12.1 Å². The van der Waals surface area contributed by atoms with E-state index in [1.807, 2.05) is 0 Å². The lowest BCUT2D eigenvalue weighted by atomic mass is 9.76. The van der Waals surface area contributed by atoms with Gasteiger partial charge in [0.1, 0.15) is 5.56 Å². The highest BCUT2D eigenvalue weighted by Gasteiger charge is 2.39. The van der Waals surface area contributed by atoms with Crippen LogP contribution in [0.5, 0.6) is 0 Å². The van der Waals surface area contributed by atoms with E-state index in [9.17, 15) is 32.1 Å². The molecule has 0 radical (unpaired) electrons. The number of rotatable bonds is 3. The molecule has 0 aliphatic heterocycles. The van der Waals surface area contributed by atoms with Gasteiger partial charge in [-0.25, -0.2) is 8.78 Å². The maximum absolute atomic E-state index is 13.4. The van der Waals surface area contributed by atoms with Gasteiger partial charge in [0.15, 0.2) is 11.6 Å². The van der Waals surface area contributed by atoms with E-state index in [-0.39, 0.29) is 11.8 Å². The Balaban J connectivity index is 1.78. The summed E-state index contributed by atoms with van der Waals surface area (Å²) >= 11 is 0. The van der Waals surface area contributed by atoms with Crippen LogP contribution in [0, 0.1) is 21.7 Å². The maximum atomic E-state index is 13.4. The van der Waals surface area contributed by atoms with Gasteiger partial charge in [-0.15, -0.1) is 0 Å². The Bertz CT molecular complexity index is 858. The molecule has 2 aromatic carbocycles. The highest BCUT2D eigenvalue weighted by molar-refractivity contribution is 5.45. The van der Waals surface area contributed by atoms with Crippen LogP contribution in [0.25, 0.3) is 0 Å². The van der Waals surface area contributed by atoms with E-state index in [0.29, 0.717) is 36.8 Å². The van der Waals surface area contributed by atoms with Crippen molar-refractivity contribution in [1.29, 1.82) is 0 Å². The number of nitrogens with zero attached hydrogens (tertiary/aromatic N) is 1. The zero-order valence-electron chi connectivity index (χ0n) is 14.1. The van der Waals surface area contributed by atoms with Gasteiger partial charge in [0.2, 0.25) is 0 Å². The first-order valence-corrected chi connectivity index (χ1v) is 8.47. The van der Waals surface area contributed by atoms with Crippen molar-refractivity contribution in [2.75, 3.05) is 0 Å². The van der Waals surface area contributed by atoms with E-state index in [1.54, 1.807) is 0 Å². The Morgan fingerprint density at radius 3 is 1.85 bits per heavy atom. The van der Waals surface area contributed by atoms with E-state index >= 15 is 0 Å². The van der Waals surface area contributed by atoms with Crippen molar-refractivity contribution in [3.8, 4) is 0 Å². The van der Waals surface area contributed by atoms with Crippen LogP contribution in [0.3, 0.4) is 0 Å². The lowest BCUT2D eigenvalue weighted by molar-refractivity contribution is -0.388. The molecule has 0 saturated heterocycles. The number of halogens is 5. The lowest BCUT2D eigenvalue weighted by Gasteiger charge is -2.29. The Hall–Kier alpha value is -2.51. The van der Waals surface area contributed by atoms with Crippen LogP contribution in [-0.2, 0) is 6.18 Å². The van der Waals surface area contributed by atoms with Crippen molar-refractivity contribution in [3.63, 3.8) is 0 Å². The van der Waals surface area contributed by atoms with Gasteiger partial charge >= 0.3 is 6.18 Å². The molecule has 0 heterocycles. The first-order valence-electron chi connectivity index (χ1n) is 8.47. The van der Waals surface area contributed by atoms with Crippen LogP contribution in [0.2, 0.25) is 0 Å². The normalized spacial score (nSPS) is 20.5. The minimum Gasteiger partial charge on any atom is -0.258 e. The summed E-state index contributed by atoms with van der Waals surface area (Å²) in [5.41, 5.74) is -1.11. The summed E-state index contributed by atoms with van der Waals surface area (Å²) in [5.74, 6) is -1.98. The second-order valence-corrected chi connectivity index (χ2v) is 6.75. The van der Waals surface area contributed by atoms with Gasteiger partial charge in [-0.3, -0.25) is 10.1 Å². The molecule has 0 N–H and O–H groups in total. The molecule has 3 rings (SSSR count). The number of nitro benzene ring substituents is 1. The standard InChI is InChI=1S/C19H16F5NO2/c20-16-7-5-14(10-17(16)21)12-3-1-11(2-4-12)13-6-8-18(25(26)27)15(9-13)19(22,23)24/h5-12H,1-4H2. The topological polar surface area (TPSA) is 43.1 Å².